The first-order chi connectivity index (χ1) is 15.3. The van der Waals surface area contributed by atoms with Gasteiger partial charge < -0.3 is 14.6 Å². The molecule has 0 saturated carbocycles. The number of amides is 1. The summed E-state index contributed by atoms with van der Waals surface area (Å²) < 4.78 is 28.9. The van der Waals surface area contributed by atoms with Gasteiger partial charge in [-0.2, -0.15) is 0 Å². The minimum absolute atomic E-state index is 0.0418. The highest BCUT2D eigenvalue weighted by molar-refractivity contribution is 7.92. The fourth-order valence-electron chi connectivity index (χ4n) is 3.27. The Bertz CT molecular complexity index is 1380. The molecule has 0 radical (unpaired) electrons. The average molecular weight is 512 g/mol. The van der Waals surface area contributed by atoms with Gasteiger partial charge in [0.15, 0.2) is 0 Å². The lowest BCUT2D eigenvalue weighted by Gasteiger charge is -2.23. The number of anilines is 1. The fourth-order valence-corrected chi connectivity index (χ4v) is 5.40. The van der Waals surface area contributed by atoms with Crippen molar-refractivity contribution in [3.05, 3.63) is 58.2 Å². The topological polar surface area (TPSA) is 117 Å². The molecule has 0 aliphatic carbocycles. The van der Waals surface area contributed by atoms with E-state index in [1.165, 1.54) is 56.7 Å². The Labute approximate surface area is 199 Å². The molecule has 174 valence electrons. The Morgan fingerprint density at radius 1 is 1.03 bits per heavy atom. The number of aliphatic carboxylic acids is 1. The average Bonchev–Trinajstić information content (AvgIpc) is 3.05. The number of ketones is 1. The van der Waals surface area contributed by atoms with E-state index in [4.69, 9.17) is 23.2 Å². The number of benzene rings is 2. The van der Waals surface area contributed by atoms with Crippen LogP contribution in [0.4, 0.5) is 5.69 Å². The largest absolute Gasteiger partial charge is 0.480 e. The smallest absolute Gasteiger partial charge is 0.324 e. The number of hydrogen-bond acceptors (Lipinski definition) is 5. The number of hydrogen-bond donors (Lipinski definition) is 1. The number of carboxylic acid groups (broad SMARTS) is 1. The van der Waals surface area contributed by atoms with Crippen molar-refractivity contribution < 1.29 is 27.9 Å². The van der Waals surface area contributed by atoms with Gasteiger partial charge in [-0.3, -0.25) is 18.7 Å². The minimum Gasteiger partial charge on any atom is -0.480 e. The van der Waals surface area contributed by atoms with Gasteiger partial charge in [0.1, 0.15) is 6.54 Å². The molecule has 0 bridgehead atoms. The quantitative estimate of drug-likeness (QED) is 0.384. The molecule has 12 heteroatoms. The molecule has 9 nitrogen and oxygen atoms in total. The highest BCUT2D eigenvalue weighted by Crippen LogP contribution is 2.31. The number of carboxylic acids is 1. The van der Waals surface area contributed by atoms with E-state index in [9.17, 15) is 27.9 Å². The van der Waals surface area contributed by atoms with Crippen LogP contribution < -0.4 is 4.31 Å². The van der Waals surface area contributed by atoms with E-state index in [1.54, 1.807) is 11.6 Å². The summed E-state index contributed by atoms with van der Waals surface area (Å²) in [5.41, 5.74) is 0.615. The second-order valence-electron chi connectivity index (χ2n) is 7.39. The molecule has 0 saturated heterocycles. The number of aryl methyl sites for hydroxylation is 1. The van der Waals surface area contributed by atoms with Crippen molar-refractivity contribution in [3.63, 3.8) is 0 Å². The summed E-state index contributed by atoms with van der Waals surface area (Å²) in [6.45, 7) is -0.868. The van der Waals surface area contributed by atoms with Crippen LogP contribution in [0, 0.1) is 0 Å². The highest BCUT2D eigenvalue weighted by Gasteiger charge is 2.29. The number of likely N-dealkylation sites (N-methyl/N-ethyl adjacent to an activating group) is 1. The summed E-state index contributed by atoms with van der Waals surface area (Å²) in [5.74, 6) is -2.81. The van der Waals surface area contributed by atoms with E-state index in [-0.39, 0.29) is 26.2 Å². The summed E-state index contributed by atoms with van der Waals surface area (Å²) in [6.07, 6.45) is 1.46. The molecule has 0 spiro atoms. The third-order valence-corrected chi connectivity index (χ3v) is 7.00. The lowest BCUT2D eigenvalue weighted by molar-refractivity contribution is -0.135. The van der Waals surface area contributed by atoms with Crippen LogP contribution in [0.5, 0.6) is 0 Å². The van der Waals surface area contributed by atoms with Gasteiger partial charge in [-0.1, -0.05) is 23.2 Å². The number of fused-ring (bicyclic) bond motifs is 1. The molecule has 1 aromatic heterocycles. The first-order valence-electron chi connectivity index (χ1n) is 9.38. The van der Waals surface area contributed by atoms with Crippen molar-refractivity contribution in [2.75, 3.05) is 24.9 Å². The number of Topliss-reactive ketones (excluding diaryl/α,β-unsaturated/α-hetero) is 1. The van der Waals surface area contributed by atoms with Gasteiger partial charge >= 0.3 is 5.97 Å². The number of sulfonamides is 1. The Morgan fingerprint density at radius 2 is 1.64 bits per heavy atom. The van der Waals surface area contributed by atoms with Crippen LogP contribution in [-0.2, 0) is 26.7 Å². The van der Waals surface area contributed by atoms with Gasteiger partial charge in [0.25, 0.3) is 21.7 Å². The van der Waals surface area contributed by atoms with Crippen LogP contribution >= 0.6 is 23.2 Å². The normalized spacial score (nSPS) is 11.4. The fraction of sp³-hybridized carbons (Fsp3) is 0.190. The summed E-state index contributed by atoms with van der Waals surface area (Å²) in [6, 6.07) is 7.96. The van der Waals surface area contributed by atoms with Crippen molar-refractivity contribution in [3.8, 4) is 0 Å². The van der Waals surface area contributed by atoms with Crippen LogP contribution in [0.25, 0.3) is 10.9 Å². The summed E-state index contributed by atoms with van der Waals surface area (Å²) >= 11 is 11.9. The van der Waals surface area contributed by atoms with E-state index in [0.717, 1.165) is 4.90 Å². The zero-order valence-corrected chi connectivity index (χ0v) is 20.1. The number of rotatable bonds is 7. The Morgan fingerprint density at radius 3 is 2.18 bits per heavy atom. The van der Waals surface area contributed by atoms with E-state index in [1.807, 2.05) is 0 Å². The molecule has 1 N–H and O–H groups in total. The monoisotopic (exact) mass is 511 g/mol. The van der Waals surface area contributed by atoms with Gasteiger partial charge in [-0.05, 0) is 36.4 Å². The highest BCUT2D eigenvalue weighted by atomic mass is 35.5. The van der Waals surface area contributed by atoms with Crippen LogP contribution in [-0.4, -0.2) is 61.3 Å². The minimum atomic E-state index is -4.36. The van der Waals surface area contributed by atoms with Crippen molar-refractivity contribution in [1.82, 2.24) is 9.47 Å². The first kappa shape index (κ1) is 24.6. The Balaban J connectivity index is 2.16. The molecule has 0 atom stereocenters. The number of carbonyl (C=O) groups excluding carboxylic acids is 2. The predicted octanol–water partition coefficient (Wildman–Crippen LogP) is 3.04. The summed E-state index contributed by atoms with van der Waals surface area (Å²) in [4.78, 5) is 37.1. The maximum atomic E-state index is 13.3. The first-order valence-corrected chi connectivity index (χ1v) is 11.6. The van der Waals surface area contributed by atoms with Crippen molar-refractivity contribution >= 4 is 67.5 Å². The van der Waals surface area contributed by atoms with Gasteiger partial charge in [0.05, 0.1) is 21.7 Å². The molecule has 1 amide bonds. The van der Waals surface area contributed by atoms with Crippen molar-refractivity contribution in [2.45, 2.75) is 4.90 Å². The van der Waals surface area contributed by atoms with Gasteiger partial charge in [0, 0.05) is 42.8 Å². The van der Waals surface area contributed by atoms with Crippen LogP contribution in [0.2, 0.25) is 10.0 Å². The van der Waals surface area contributed by atoms with Gasteiger partial charge in [-0.15, -0.1) is 0 Å². The number of aromatic nitrogens is 1. The third-order valence-electron chi connectivity index (χ3n) is 4.81. The molecule has 0 aliphatic heterocycles. The van der Waals surface area contributed by atoms with Crippen LogP contribution in [0.15, 0.2) is 47.5 Å². The molecule has 0 aliphatic rings. The van der Waals surface area contributed by atoms with E-state index in [0.29, 0.717) is 15.2 Å². The SMILES string of the molecule is CN(C)C(=O)C(=O)c1cn(C)c2cc(N(CC(=O)O)S(=O)(=O)c3cc(Cl)cc(Cl)c3)ccc12. The predicted molar refractivity (Wildman–Crippen MR) is 125 cm³/mol. The molecular weight excluding hydrogens is 493 g/mol. The second-order valence-corrected chi connectivity index (χ2v) is 10.1. The molecule has 1 heterocycles. The van der Waals surface area contributed by atoms with Crippen LogP contribution in [0.1, 0.15) is 10.4 Å². The zero-order chi connectivity index (χ0) is 24.7. The number of carbonyl (C=O) groups is 3. The molecule has 3 rings (SSSR count). The maximum absolute atomic E-state index is 13.3. The number of halogens is 2. The molecule has 2 aromatic carbocycles. The van der Waals surface area contributed by atoms with Crippen molar-refractivity contribution in [2.24, 2.45) is 7.05 Å². The third kappa shape index (κ3) is 4.82. The van der Waals surface area contributed by atoms with Gasteiger partial charge in [-0.25, -0.2) is 8.42 Å². The molecular formula is C21H19Cl2N3O6S. The van der Waals surface area contributed by atoms with Crippen molar-refractivity contribution in [1.29, 1.82) is 0 Å². The maximum Gasteiger partial charge on any atom is 0.324 e. The van der Waals surface area contributed by atoms with Crippen LogP contribution in [0.3, 0.4) is 0 Å². The zero-order valence-electron chi connectivity index (χ0n) is 17.7. The van der Waals surface area contributed by atoms with Gasteiger partial charge in [0.2, 0.25) is 0 Å². The van der Waals surface area contributed by atoms with E-state index < -0.39 is 34.2 Å². The lowest BCUT2D eigenvalue weighted by Crippen LogP contribution is -2.35. The van der Waals surface area contributed by atoms with E-state index in [2.05, 4.69) is 0 Å². The Hall–Kier alpha value is -3.08. The standard InChI is InChI=1S/C21H19Cl2N3O6S/c1-24(2)21(30)20(29)17-10-25(3)18-9-14(4-5-16(17)18)26(11-19(27)28)33(31,32)15-7-12(22)6-13(23)8-15/h4-10H,11H2,1-3H3,(H,27,28). The van der Waals surface area contributed by atoms with E-state index >= 15 is 0 Å². The molecule has 0 fully saturated rings. The molecule has 0 unspecified atom stereocenters. The summed E-state index contributed by atoms with van der Waals surface area (Å²) in [5, 5.41) is 9.93. The second kappa shape index (κ2) is 9.05. The lowest BCUT2D eigenvalue weighted by atomic mass is 10.1. The molecule has 33 heavy (non-hydrogen) atoms. The Kier molecular flexibility index (Phi) is 6.73. The summed E-state index contributed by atoms with van der Waals surface area (Å²) in [7, 11) is 0.175. The number of nitrogens with zero attached hydrogens (tertiary/aromatic N) is 3. The molecule has 3 aromatic rings.